The average molecular weight is 330 g/mol. The van der Waals surface area contributed by atoms with Gasteiger partial charge in [-0.05, 0) is 72.4 Å². The second-order valence-electron chi connectivity index (χ2n) is 8.44. The highest BCUT2D eigenvalue weighted by molar-refractivity contribution is 5.77. The van der Waals surface area contributed by atoms with Crippen LogP contribution < -0.4 is 0 Å². The van der Waals surface area contributed by atoms with Crippen molar-refractivity contribution in [2.45, 2.75) is 78.7 Å². The van der Waals surface area contributed by atoms with Gasteiger partial charge in [-0.15, -0.1) is 0 Å². The van der Waals surface area contributed by atoms with E-state index in [4.69, 9.17) is 0 Å². The van der Waals surface area contributed by atoms with E-state index in [1.165, 1.54) is 5.57 Å². The molecule has 1 atom stereocenters. The van der Waals surface area contributed by atoms with E-state index in [0.29, 0.717) is 6.42 Å². The zero-order valence-corrected chi connectivity index (χ0v) is 15.8. The van der Waals surface area contributed by atoms with E-state index in [-0.39, 0.29) is 17.2 Å². The molecule has 0 aliphatic heterocycles. The maximum atomic E-state index is 14.9. The fourth-order valence-corrected chi connectivity index (χ4v) is 5.24. The lowest BCUT2D eigenvalue weighted by Gasteiger charge is -2.45. The summed E-state index contributed by atoms with van der Waals surface area (Å²) in [6.45, 7) is 10.7. The van der Waals surface area contributed by atoms with Crippen molar-refractivity contribution >= 4 is 5.57 Å². The van der Waals surface area contributed by atoms with Gasteiger partial charge >= 0.3 is 0 Å². The molecule has 0 heterocycles. The van der Waals surface area contributed by atoms with E-state index in [0.717, 1.165) is 54.4 Å². The smallest absolute Gasteiger partial charge is 0.127 e. The predicted molar refractivity (Wildman–Crippen MR) is 98.4 cm³/mol. The zero-order valence-electron chi connectivity index (χ0n) is 15.8. The van der Waals surface area contributed by atoms with Crippen molar-refractivity contribution in [2.75, 3.05) is 0 Å². The quantitative estimate of drug-likeness (QED) is 0.726. The highest BCUT2D eigenvalue weighted by Gasteiger charge is 2.57. The number of allylic oxidation sites excluding steroid dienone is 2. The molecule has 0 bridgehead atoms. The highest BCUT2D eigenvalue weighted by atomic mass is 19.1. The van der Waals surface area contributed by atoms with E-state index >= 15 is 0 Å². The van der Waals surface area contributed by atoms with Gasteiger partial charge in [-0.1, -0.05) is 46.6 Å². The summed E-state index contributed by atoms with van der Waals surface area (Å²) < 4.78 is 14.9. The van der Waals surface area contributed by atoms with E-state index in [1.54, 1.807) is 6.07 Å². The molecule has 0 aromatic heterocycles. The zero-order chi connectivity index (χ0) is 17.7. The number of hydrogen-bond donors (Lipinski definition) is 1. The normalized spacial score (nSPS) is 24.2. The van der Waals surface area contributed by atoms with Gasteiger partial charge in [0.25, 0.3) is 0 Å². The lowest BCUT2D eigenvalue weighted by molar-refractivity contribution is -0.113. The summed E-state index contributed by atoms with van der Waals surface area (Å²) in [6.07, 6.45) is 7.64. The Labute approximate surface area is 146 Å². The first-order chi connectivity index (χ1) is 11.3. The SMILES string of the molecule is CCCC(CCC)C1(O)c2c(c(F)cc3c2C(C)=CC3)CC1(C)C. The second-order valence-corrected chi connectivity index (χ2v) is 8.44. The Morgan fingerprint density at radius 1 is 1.21 bits per heavy atom. The van der Waals surface area contributed by atoms with Gasteiger partial charge in [0.1, 0.15) is 5.82 Å². The van der Waals surface area contributed by atoms with Crippen LogP contribution in [0, 0.1) is 17.2 Å². The van der Waals surface area contributed by atoms with Crippen LogP contribution in [0.2, 0.25) is 0 Å². The number of hydrogen-bond acceptors (Lipinski definition) is 1. The molecule has 1 aromatic rings. The lowest BCUT2D eigenvalue weighted by Crippen LogP contribution is -2.45. The number of rotatable bonds is 5. The Morgan fingerprint density at radius 2 is 1.83 bits per heavy atom. The number of fused-ring (bicyclic) bond motifs is 3. The van der Waals surface area contributed by atoms with Gasteiger partial charge in [-0.2, -0.15) is 0 Å². The van der Waals surface area contributed by atoms with Crippen LogP contribution in [0.4, 0.5) is 4.39 Å². The van der Waals surface area contributed by atoms with Crippen LogP contribution >= 0.6 is 0 Å². The standard InChI is InChI=1S/C22H31FO/c1-6-8-16(9-7-2)22(24)20-17(13-21(22,4)5)18(23)12-15-11-10-14(3)19(15)20/h10,12,16,24H,6-9,11,13H2,1-5H3. The predicted octanol–water partition coefficient (Wildman–Crippen LogP) is 5.77. The first-order valence-electron chi connectivity index (χ1n) is 9.52. The first kappa shape index (κ1) is 17.7. The summed E-state index contributed by atoms with van der Waals surface area (Å²) in [5, 5.41) is 12.1. The molecule has 0 fully saturated rings. The van der Waals surface area contributed by atoms with Gasteiger partial charge in [0, 0.05) is 5.41 Å². The summed E-state index contributed by atoms with van der Waals surface area (Å²) in [5.41, 5.74) is 3.77. The van der Waals surface area contributed by atoms with Crippen LogP contribution in [0.25, 0.3) is 5.57 Å². The molecule has 1 aromatic carbocycles. The fourth-order valence-electron chi connectivity index (χ4n) is 5.24. The van der Waals surface area contributed by atoms with Crippen LogP contribution in [0.15, 0.2) is 12.1 Å². The molecule has 132 valence electrons. The number of aliphatic hydroxyl groups is 1. The van der Waals surface area contributed by atoms with Gasteiger partial charge < -0.3 is 5.11 Å². The molecular formula is C22H31FO. The van der Waals surface area contributed by atoms with Gasteiger partial charge in [0.2, 0.25) is 0 Å². The molecule has 24 heavy (non-hydrogen) atoms. The molecule has 1 unspecified atom stereocenters. The number of benzene rings is 1. The monoisotopic (exact) mass is 330 g/mol. The average Bonchev–Trinajstić information content (AvgIpc) is 2.97. The summed E-state index contributed by atoms with van der Waals surface area (Å²) in [5.74, 6) is 0.0608. The third-order valence-electron chi connectivity index (χ3n) is 6.38. The topological polar surface area (TPSA) is 20.2 Å². The molecule has 0 spiro atoms. The Kier molecular flexibility index (Phi) is 4.40. The van der Waals surface area contributed by atoms with Gasteiger partial charge in [-0.25, -0.2) is 4.39 Å². The summed E-state index contributed by atoms with van der Waals surface area (Å²) >= 11 is 0. The molecule has 0 radical (unpaired) electrons. The van der Waals surface area contributed by atoms with E-state index < -0.39 is 5.60 Å². The number of halogens is 1. The van der Waals surface area contributed by atoms with Crippen molar-refractivity contribution in [1.29, 1.82) is 0 Å². The van der Waals surface area contributed by atoms with Crippen LogP contribution in [-0.2, 0) is 18.4 Å². The van der Waals surface area contributed by atoms with Crippen molar-refractivity contribution in [3.8, 4) is 0 Å². The van der Waals surface area contributed by atoms with Crippen LogP contribution in [0.1, 0.15) is 82.6 Å². The molecule has 0 amide bonds. The van der Waals surface area contributed by atoms with Crippen LogP contribution in [-0.4, -0.2) is 5.11 Å². The molecular weight excluding hydrogens is 299 g/mol. The van der Waals surface area contributed by atoms with Crippen LogP contribution in [0.5, 0.6) is 0 Å². The maximum Gasteiger partial charge on any atom is 0.127 e. The third kappa shape index (κ3) is 2.29. The molecule has 2 aliphatic carbocycles. The van der Waals surface area contributed by atoms with Crippen molar-refractivity contribution < 1.29 is 9.50 Å². The molecule has 2 heteroatoms. The summed E-state index contributed by atoms with van der Waals surface area (Å²) in [4.78, 5) is 0. The van der Waals surface area contributed by atoms with Crippen molar-refractivity contribution in [1.82, 2.24) is 0 Å². The van der Waals surface area contributed by atoms with Gasteiger partial charge in [0.05, 0.1) is 5.60 Å². The molecule has 1 N–H and O–H groups in total. The largest absolute Gasteiger partial charge is 0.384 e. The first-order valence-corrected chi connectivity index (χ1v) is 9.52. The van der Waals surface area contributed by atoms with Crippen LogP contribution in [0.3, 0.4) is 0 Å². The molecule has 3 rings (SSSR count). The molecule has 0 saturated heterocycles. The lowest BCUT2D eigenvalue weighted by atomic mass is 9.64. The van der Waals surface area contributed by atoms with E-state index in [9.17, 15) is 9.50 Å². The molecule has 2 aliphatic rings. The summed E-state index contributed by atoms with van der Waals surface area (Å²) in [6, 6.07) is 1.71. The minimum Gasteiger partial charge on any atom is -0.384 e. The fraction of sp³-hybridized carbons (Fsp3) is 0.636. The van der Waals surface area contributed by atoms with E-state index in [1.807, 2.05) is 0 Å². The van der Waals surface area contributed by atoms with Crippen molar-refractivity contribution in [2.24, 2.45) is 11.3 Å². The van der Waals surface area contributed by atoms with Crippen molar-refractivity contribution in [3.63, 3.8) is 0 Å². The molecule has 1 nitrogen and oxygen atoms in total. The second kappa shape index (κ2) is 5.98. The van der Waals surface area contributed by atoms with Crippen molar-refractivity contribution in [3.05, 3.63) is 40.2 Å². The van der Waals surface area contributed by atoms with E-state index in [2.05, 4.69) is 40.7 Å². The Bertz CT molecular complexity index is 680. The minimum absolute atomic E-state index is 0.123. The maximum absolute atomic E-state index is 14.9. The minimum atomic E-state index is -0.944. The highest BCUT2D eigenvalue weighted by Crippen LogP contribution is 2.59. The van der Waals surface area contributed by atoms with Gasteiger partial charge in [0.15, 0.2) is 0 Å². The summed E-state index contributed by atoms with van der Waals surface area (Å²) in [7, 11) is 0. The van der Waals surface area contributed by atoms with Gasteiger partial charge in [-0.3, -0.25) is 0 Å². The Morgan fingerprint density at radius 3 is 2.42 bits per heavy atom. The Balaban J connectivity index is 2.28. The molecule has 0 saturated carbocycles. The Hall–Kier alpha value is -1.15. The third-order valence-corrected chi connectivity index (χ3v) is 6.38.